The van der Waals surface area contributed by atoms with Crippen molar-refractivity contribution in [1.82, 2.24) is 0 Å². The van der Waals surface area contributed by atoms with Crippen LogP contribution in [0, 0.1) is 5.92 Å². The third-order valence-electron chi connectivity index (χ3n) is 3.86. The number of hydrogen-bond donors (Lipinski definition) is 3. The number of ether oxygens (including phenoxy) is 1. The van der Waals surface area contributed by atoms with Crippen molar-refractivity contribution in [3.05, 3.63) is 42.5 Å². The molecule has 10 heteroatoms. The van der Waals surface area contributed by atoms with Gasteiger partial charge in [-0.25, -0.2) is 16.8 Å². The smallest absolute Gasteiger partial charge is 0.262 e. The molecule has 28 heavy (non-hydrogen) atoms. The van der Waals surface area contributed by atoms with E-state index in [2.05, 4.69) is 9.44 Å². The maximum absolute atomic E-state index is 12.7. The number of sulfonamides is 2. The lowest BCUT2D eigenvalue weighted by Gasteiger charge is -2.14. The molecule has 2 rings (SSSR count). The van der Waals surface area contributed by atoms with E-state index in [9.17, 15) is 21.9 Å². The highest BCUT2D eigenvalue weighted by molar-refractivity contribution is 7.93. The zero-order chi connectivity index (χ0) is 20.9. The first-order chi connectivity index (χ1) is 13.0. The average molecular weight is 429 g/mol. The Hall–Kier alpha value is -2.46. The largest absolute Gasteiger partial charge is 0.506 e. The summed E-state index contributed by atoms with van der Waals surface area (Å²) in [5, 5.41) is 9.95. The van der Waals surface area contributed by atoms with E-state index >= 15 is 0 Å². The van der Waals surface area contributed by atoms with Crippen LogP contribution in [0.1, 0.15) is 20.3 Å². The Morgan fingerprint density at radius 2 is 1.68 bits per heavy atom. The normalized spacial score (nSPS) is 12.0. The van der Waals surface area contributed by atoms with Gasteiger partial charge < -0.3 is 9.84 Å². The van der Waals surface area contributed by atoms with Crippen molar-refractivity contribution in [3.63, 3.8) is 0 Å². The molecule has 3 N–H and O–H groups in total. The number of nitrogens with one attached hydrogen (secondary N) is 2. The molecule has 154 valence electrons. The van der Waals surface area contributed by atoms with Crippen LogP contribution in [0.25, 0.3) is 0 Å². The summed E-state index contributed by atoms with van der Waals surface area (Å²) in [6, 6.07) is 9.85. The van der Waals surface area contributed by atoms with Gasteiger partial charge in [-0.1, -0.05) is 26.0 Å². The Morgan fingerprint density at radius 1 is 1.00 bits per heavy atom. The Bertz CT molecular complexity index is 1030. The average Bonchev–Trinajstić information content (AvgIpc) is 2.62. The zero-order valence-electron chi connectivity index (χ0n) is 15.8. The van der Waals surface area contributed by atoms with Crippen LogP contribution in [0.15, 0.2) is 47.4 Å². The molecule has 0 aliphatic carbocycles. The Labute approximate surface area is 165 Å². The fourth-order valence-electron chi connectivity index (χ4n) is 2.31. The molecule has 2 aromatic carbocycles. The van der Waals surface area contributed by atoms with Gasteiger partial charge in [0.05, 0.1) is 29.1 Å². The standard InChI is InChI=1S/C18H24N2O6S2/c1-13(2)10-11-27(22,23)19-16-12-14(8-9-17(16)21)28(24,25)20-15-6-4-5-7-18(15)26-3/h4-9,12-13,19-21H,10-11H2,1-3H3. The van der Waals surface area contributed by atoms with E-state index in [0.29, 0.717) is 12.2 Å². The number of phenols is 1. The molecule has 0 amide bonds. The summed E-state index contributed by atoms with van der Waals surface area (Å²) in [7, 11) is -6.36. The summed E-state index contributed by atoms with van der Waals surface area (Å²) in [5.74, 6) is 0.00588. The molecule has 0 saturated heterocycles. The minimum Gasteiger partial charge on any atom is -0.506 e. The van der Waals surface area contributed by atoms with Crippen LogP contribution in [-0.4, -0.2) is 34.8 Å². The molecule has 0 aliphatic rings. The number of anilines is 2. The second-order valence-corrected chi connectivity index (χ2v) is 10.1. The first kappa shape index (κ1) is 21.8. The lowest BCUT2D eigenvalue weighted by Crippen LogP contribution is -2.19. The van der Waals surface area contributed by atoms with Gasteiger partial charge in [0, 0.05) is 0 Å². The van der Waals surface area contributed by atoms with E-state index in [1.54, 1.807) is 18.2 Å². The fraction of sp³-hybridized carbons (Fsp3) is 0.333. The molecule has 2 aromatic rings. The number of para-hydroxylation sites is 2. The predicted molar refractivity (Wildman–Crippen MR) is 109 cm³/mol. The van der Waals surface area contributed by atoms with Crippen molar-refractivity contribution >= 4 is 31.4 Å². The van der Waals surface area contributed by atoms with Crippen LogP contribution in [0.5, 0.6) is 11.5 Å². The Balaban J connectivity index is 2.30. The van der Waals surface area contributed by atoms with Gasteiger partial charge in [0.25, 0.3) is 10.0 Å². The van der Waals surface area contributed by atoms with Crippen molar-refractivity contribution in [1.29, 1.82) is 0 Å². The predicted octanol–water partition coefficient (Wildman–Crippen LogP) is 2.99. The maximum atomic E-state index is 12.7. The van der Waals surface area contributed by atoms with Crippen molar-refractivity contribution < 1.29 is 26.7 Å². The van der Waals surface area contributed by atoms with Crippen LogP contribution in [0.2, 0.25) is 0 Å². The van der Waals surface area contributed by atoms with E-state index in [1.165, 1.54) is 19.2 Å². The van der Waals surface area contributed by atoms with Crippen LogP contribution >= 0.6 is 0 Å². The third kappa shape index (κ3) is 5.77. The lowest BCUT2D eigenvalue weighted by atomic mass is 10.2. The third-order valence-corrected chi connectivity index (χ3v) is 6.53. The molecule has 0 fully saturated rings. The summed E-state index contributed by atoms with van der Waals surface area (Å²) in [5.41, 5.74) is 0.0313. The van der Waals surface area contributed by atoms with E-state index in [0.717, 1.165) is 12.1 Å². The van der Waals surface area contributed by atoms with Crippen molar-refractivity contribution in [2.75, 3.05) is 22.3 Å². The van der Waals surface area contributed by atoms with E-state index in [4.69, 9.17) is 4.74 Å². The molecule has 0 aromatic heterocycles. The second kappa shape index (κ2) is 8.70. The van der Waals surface area contributed by atoms with Crippen molar-refractivity contribution in [2.45, 2.75) is 25.2 Å². The van der Waals surface area contributed by atoms with E-state index < -0.39 is 20.0 Å². The molecular formula is C18H24N2O6S2. The summed E-state index contributed by atoms with van der Waals surface area (Å²) in [6.07, 6.45) is 0.434. The van der Waals surface area contributed by atoms with Gasteiger partial charge in [0.1, 0.15) is 11.5 Å². The molecular weight excluding hydrogens is 404 g/mol. The number of rotatable bonds is 9. The molecule has 8 nitrogen and oxygen atoms in total. The number of benzene rings is 2. The lowest BCUT2D eigenvalue weighted by molar-refractivity contribution is 0.417. The van der Waals surface area contributed by atoms with Gasteiger partial charge >= 0.3 is 0 Å². The van der Waals surface area contributed by atoms with Gasteiger partial charge in [0.15, 0.2) is 0 Å². The number of aromatic hydroxyl groups is 1. The maximum Gasteiger partial charge on any atom is 0.262 e. The fourth-order valence-corrected chi connectivity index (χ4v) is 4.78. The summed E-state index contributed by atoms with van der Waals surface area (Å²) in [4.78, 5) is -0.210. The molecule has 0 heterocycles. The Kier molecular flexibility index (Phi) is 6.78. The van der Waals surface area contributed by atoms with Crippen LogP contribution < -0.4 is 14.2 Å². The highest BCUT2D eigenvalue weighted by Gasteiger charge is 2.20. The van der Waals surface area contributed by atoms with E-state index in [1.807, 2.05) is 13.8 Å². The molecule has 0 radical (unpaired) electrons. The van der Waals surface area contributed by atoms with Gasteiger partial charge in [0.2, 0.25) is 10.0 Å². The Morgan fingerprint density at radius 3 is 2.32 bits per heavy atom. The minimum absolute atomic E-state index is 0.138. The summed E-state index contributed by atoms with van der Waals surface area (Å²) < 4.78 is 59.5. The molecule has 0 unspecified atom stereocenters. The highest BCUT2D eigenvalue weighted by atomic mass is 32.2. The quantitative estimate of drug-likeness (QED) is 0.528. The molecule has 0 spiro atoms. The first-order valence-electron chi connectivity index (χ1n) is 8.53. The minimum atomic E-state index is -4.04. The summed E-state index contributed by atoms with van der Waals surface area (Å²) >= 11 is 0. The SMILES string of the molecule is COc1ccccc1NS(=O)(=O)c1ccc(O)c(NS(=O)(=O)CCC(C)C)c1. The molecule has 0 saturated carbocycles. The second-order valence-electron chi connectivity index (χ2n) is 6.59. The first-order valence-corrected chi connectivity index (χ1v) is 11.7. The zero-order valence-corrected chi connectivity index (χ0v) is 17.5. The van der Waals surface area contributed by atoms with Gasteiger partial charge in [-0.2, -0.15) is 0 Å². The molecule has 0 aliphatic heterocycles. The van der Waals surface area contributed by atoms with Crippen LogP contribution in [0.3, 0.4) is 0 Å². The molecule has 0 bridgehead atoms. The number of methoxy groups -OCH3 is 1. The molecule has 0 atom stereocenters. The van der Waals surface area contributed by atoms with Gasteiger partial charge in [-0.3, -0.25) is 9.44 Å². The van der Waals surface area contributed by atoms with Crippen molar-refractivity contribution in [2.24, 2.45) is 5.92 Å². The number of hydrogen-bond acceptors (Lipinski definition) is 6. The highest BCUT2D eigenvalue weighted by Crippen LogP contribution is 2.30. The van der Waals surface area contributed by atoms with Crippen molar-refractivity contribution in [3.8, 4) is 11.5 Å². The number of phenolic OH excluding ortho intramolecular Hbond substituents is 1. The summed E-state index contributed by atoms with van der Waals surface area (Å²) in [6.45, 7) is 3.79. The monoisotopic (exact) mass is 428 g/mol. The van der Waals surface area contributed by atoms with Crippen LogP contribution in [0.4, 0.5) is 11.4 Å². The topological polar surface area (TPSA) is 122 Å². The van der Waals surface area contributed by atoms with E-state index in [-0.39, 0.29) is 33.7 Å². The van der Waals surface area contributed by atoms with Gasteiger partial charge in [-0.05, 0) is 42.7 Å². The van der Waals surface area contributed by atoms with Crippen LogP contribution in [-0.2, 0) is 20.0 Å². The van der Waals surface area contributed by atoms with Gasteiger partial charge in [-0.15, -0.1) is 0 Å².